The Morgan fingerprint density at radius 3 is 2.67 bits per heavy atom. The maximum absolute atomic E-state index is 5.74. The van der Waals surface area contributed by atoms with Crippen molar-refractivity contribution >= 4 is 28.7 Å². The zero-order valence-corrected chi connectivity index (χ0v) is 9.98. The highest BCUT2D eigenvalue weighted by Gasteiger charge is 2.11. The minimum absolute atomic E-state index is 0.0684. The van der Waals surface area contributed by atoms with Gasteiger partial charge in [-0.3, -0.25) is 4.98 Å². The second-order valence-electron chi connectivity index (χ2n) is 4.29. The molecule has 1 heterocycles. The topological polar surface area (TPSA) is 63.0 Å². The van der Waals surface area contributed by atoms with Crippen LogP contribution >= 0.6 is 12.2 Å². The van der Waals surface area contributed by atoms with Gasteiger partial charge in [-0.2, -0.15) is 0 Å². The summed E-state index contributed by atoms with van der Waals surface area (Å²) in [4.78, 5) is 3.97. The molecule has 0 saturated heterocycles. The van der Waals surface area contributed by atoms with Gasteiger partial charge in [-0.25, -0.2) is 0 Å². The molecule has 0 spiro atoms. The van der Waals surface area contributed by atoms with Crippen LogP contribution in [0.3, 0.4) is 0 Å². The zero-order valence-electron chi connectivity index (χ0n) is 9.16. The highest BCUT2D eigenvalue weighted by Crippen LogP contribution is 2.15. The molecule has 5 heteroatoms. The van der Waals surface area contributed by atoms with E-state index in [1.807, 2.05) is 20.8 Å². The SMILES string of the molecule is CC(C)(C)NC(=S)Nc1cnccc1N. The molecule has 0 radical (unpaired) electrons. The van der Waals surface area contributed by atoms with Gasteiger partial charge in [0.25, 0.3) is 0 Å². The Balaban J connectivity index is 2.64. The number of nitrogens with zero attached hydrogens (tertiary/aromatic N) is 1. The molecule has 0 aliphatic rings. The number of rotatable bonds is 1. The fourth-order valence-electron chi connectivity index (χ4n) is 1.00. The quantitative estimate of drug-likeness (QED) is 0.634. The number of thiocarbonyl (C=S) groups is 1. The van der Waals surface area contributed by atoms with Crippen LogP contribution < -0.4 is 16.4 Å². The Morgan fingerprint density at radius 2 is 2.13 bits per heavy atom. The van der Waals surface area contributed by atoms with Crippen LogP contribution in [0.15, 0.2) is 18.5 Å². The summed E-state index contributed by atoms with van der Waals surface area (Å²) >= 11 is 5.14. The second kappa shape index (κ2) is 4.44. The van der Waals surface area contributed by atoms with E-state index in [0.29, 0.717) is 10.8 Å². The van der Waals surface area contributed by atoms with Crippen LogP contribution in [0, 0.1) is 0 Å². The van der Waals surface area contributed by atoms with Crippen LogP contribution in [0.4, 0.5) is 11.4 Å². The summed E-state index contributed by atoms with van der Waals surface area (Å²) in [6.45, 7) is 6.11. The average molecular weight is 224 g/mol. The lowest BCUT2D eigenvalue weighted by Crippen LogP contribution is -2.43. The van der Waals surface area contributed by atoms with Gasteiger partial charge >= 0.3 is 0 Å². The number of nitrogen functional groups attached to an aromatic ring is 1. The third kappa shape index (κ3) is 4.12. The lowest BCUT2D eigenvalue weighted by atomic mass is 10.1. The molecule has 0 saturated carbocycles. The van der Waals surface area contributed by atoms with E-state index >= 15 is 0 Å². The number of nitrogens with one attached hydrogen (secondary N) is 2. The smallest absolute Gasteiger partial charge is 0.171 e. The summed E-state index contributed by atoms with van der Waals surface area (Å²) in [5.74, 6) is 0. The lowest BCUT2D eigenvalue weighted by molar-refractivity contribution is 0.515. The molecular formula is C10H16N4S. The van der Waals surface area contributed by atoms with E-state index in [0.717, 1.165) is 5.69 Å². The maximum Gasteiger partial charge on any atom is 0.171 e. The van der Waals surface area contributed by atoms with E-state index in [1.165, 1.54) is 0 Å². The van der Waals surface area contributed by atoms with Gasteiger partial charge in [-0.1, -0.05) is 0 Å². The summed E-state index contributed by atoms with van der Waals surface area (Å²) in [5.41, 5.74) is 7.02. The molecule has 1 rings (SSSR count). The van der Waals surface area contributed by atoms with Gasteiger partial charge < -0.3 is 16.4 Å². The van der Waals surface area contributed by atoms with E-state index < -0.39 is 0 Å². The molecule has 0 aliphatic carbocycles. The third-order valence-electron chi connectivity index (χ3n) is 1.59. The molecule has 82 valence electrons. The predicted octanol–water partition coefficient (Wildman–Crippen LogP) is 1.75. The predicted molar refractivity (Wildman–Crippen MR) is 67.8 cm³/mol. The molecule has 0 bridgehead atoms. The van der Waals surface area contributed by atoms with Gasteiger partial charge in [0.05, 0.1) is 17.6 Å². The van der Waals surface area contributed by atoms with Crippen LogP contribution in [0.1, 0.15) is 20.8 Å². The average Bonchev–Trinajstić information content (AvgIpc) is 2.05. The first-order valence-corrected chi connectivity index (χ1v) is 5.08. The van der Waals surface area contributed by atoms with Crippen molar-refractivity contribution < 1.29 is 0 Å². The first-order chi connectivity index (χ1) is 6.88. The largest absolute Gasteiger partial charge is 0.397 e. The number of nitrogens with two attached hydrogens (primary N) is 1. The van der Waals surface area contributed by atoms with Crippen molar-refractivity contribution in [3.8, 4) is 0 Å². The first-order valence-electron chi connectivity index (χ1n) is 4.67. The van der Waals surface area contributed by atoms with E-state index in [1.54, 1.807) is 18.5 Å². The van der Waals surface area contributed by atoms with Gasteiger partial charge in [-0.05, 0) is 39.1 Å². The number of hydrogen-bond donors (Lipinski definition) is 3. The molecule has 0 atom stereocenters. The summed E-state index contributed by atoms with van der Waals surface area (Å²) in [7, 11) is 0. The Bertz CT molecular complexity index is 357. The van der Waals surface area contributed by atoms with Crippen molar-refractivity contribution in [3.05, 3.63) is 18.5 Å². The monoisotopic (exact) mass is 224 g/mol. The van der Waals surface area contributed by atoms with Gasteiger partial charge in [0, 0.05) is 11.7 Å². The summed E-state index contributed by atoms with van der Waals surface area (Å²) in [6, 6.07) is 1.72. The van der Waals surface area contributed by atoms with Crippen LogP contribution in [0.5, 0.6) is 0 Å². The Kier molecular flexibility index (Phi) is 3.47. The van der Waals surface area contributed by atoms with Crippen LogP contribution in [0.25, 0.3) is 0 Å². The number of hydrogen-bond acceptors (Lipinski definition) is 3. The van der Waals surface area contributed by atoms with Crippen molar-refractivity contribution in [3.63, 3.8) is 0 Å². The fraction of sp³-hybridized carbons (Fsp3) is 0.400. The molecule has 15 heavy (non-hydrogen) atoms. The van der Waals surface area contributed by atoms with E-state index in [2.05, 4.69) is 15.6 Å². The number of pyridine rings is 1. The van der Waals surface area contributed by atoms with Gasteiger partial charge in [-0.15, -0.1) is 0 Å². The molecule has 0 fully saturated rings. The van der Waals surface area contributed by atoms with E-state index in [4.69, 9.17) is 18.0 Å². The van der Waals surface area contributed by atoms with Crippen molar-refractivity contribution in [2.75, 3.05) is 11.1 Å². The van der Waals surface area contributed by atoms with Gasteiger partial charge in [0.1, 0.15) is 0 Å². The summed E-state index contributed by atoms with van der Waals surface area (Å²) in [6.07, 6.45) is 3.28. The summed E-state index contributed by atoms with van der Waals surface area (Å²) in [5, 5.41) is 6.68. The Morgan fingerprint density at radius 1 is 1.47 bits per heavy atom. The van der Waals surface area contributed by atoms with Gasteiger partial charge in [0.2, 0.25) is 0 Å². The van der Waals surface area contributed by atoms with Crippen molar-refractivity contribution in [1.29, 1.82) is 0 Å². The Labute approximate surface area is 95.3 Å². The minimum atomic E-state index is -0.0684. The standard InChI is InChI=1S/C10H16N4S/c1-10(2,3)14-9(15)13-8-6-12-5-4-7(8)11/h4-6H,1-3H3,(H2,11,12)(H2,13,14,15). The molecule has 0 aromatic carbocycles. The van der Waals surface area contributed by atoms with E-state index in [-0.39, 0.29) is 5.54 Å². The number of aromatic nitrogens is 1. The van der Waals surface area contributed by atoms with E-state index in [9.17, 15) is 0 Å². The van der Waals surface area contributed by atoms with Crippen LogP contribution in [-0.2, 0) is 0 Å². The van der Waals surface area contributed by atoms with Crippen molar-refractivity contribution in [2.24, 2.45) is 0 Å². The molecular weight excluding hydrogens is 208 g/mol. The van der Waals surface area contributed by atoms with Crippen molar-refractivity contribution in [2.45, 2.75) is 26.3 Å². The van der Waals surface area contributed by atoms with Crippen molar-refractivity contribution in [1.82, 2.24) is 10.3 Å². The molecule has 0 aliphatic heterocycles. The zero-order chi connectivity index (χ0) is 11.5. The first kappa shape index (κ1) is 11.7. The third-order valence-corrected chi connectivity index (χ3v) is 1.80. The molecule has 1 aromatic heterocycles. The molecule has 0 amide bonds. The minimum Gasteiger partial charge on any atom is -0.397 e. The Hall–Kier alpha value is -1.36. The molecule has 0 unspecified atom stereocenters. The highest BCUT2D eigenvalue weighted by atomic mass is 32.1. The maximum atomic E-state index is 5.74. The lowest BCUT2D eigenvalue weighted by Gasteiger charge is -2.23. The normalized spacial score (nSPS) is 10.9. The molecule has 1 aromatic rings. The number of anilines is 2. The second-order valence-corrected chi connectivity index (χ2v) is 4.70. The van der Waals surface area contributed by atoms with Gasteiger partial charge in [0.15, 0.2) is 5.11 Å². The molecule has 4 nitrogen and oxygen atoms in total. The highest BCUT2D eigenvalue weighted by molar-refractivity contribution is 7.80. The summed E-state index contributed by atoms with van der Waals surface area (Å²) < 4.78 is 0. The molecule has 4 N–H and O–H groups in total. The van der Waals surface area contributed by atoms with Crippen LogP contribution in [0.2, 0.25) is 0 Å². The fourth-order valence-corrected chi connectivity index (χ4v) is 1.42. The van der Waals surface area contributed by atoms with Crippen LogP contribution in [-0.4, -0.2) is 15.6 Å².